The van der Waals surface area contributed by atoms with Gasteiger partial charge >= 0.3 is 0 Å². The first-order chi connectivity index (χ1) is 14.1. The Bertz CT molecular complexity index is 1040. The molecule has 0 bridgehead atoms. The van der Waals surface area contributed by atoms with Crippen molar-refractivity contribution in [3.8, 4) is 5.75 Å². The van der Waals surface area contributed by atoms with E-state index in [1.54, 1.807) is 72.8 Å². The van der Waals surface area contributed by atoms with Gasteiger partial charge in [0.25, 0.3) is 17.7 Å². The quantitative estimate of drug-likeness (QED) is 0.657. The summed E-state index contributed by atoms with van der Waals surface area (Å²) in [7, 11) is 0. The van der Waals surface area contributed by atoms with Gasteiger partial charge in [0.15, 0.2) is 0 Å². The zero-order valence-electron chi connectivity index (χ0n) is 15.5. The molecule has 0 aliphatic carbocycles. The van der Waals surface area contributed by atoms with Crippen LogP contribution in [0.15, 0.2) is 78.9 Å². The Kier molecular flexibility index (Phi) is 5.07. The van der Waals surface area contributed by atoms with Gasteiger partial charge in [-0.25, -0.2) is 0 Å². The van der Waals surface area contributed by atoms with Crippen LogP contribution < -0.4 is 10.1 Å². The molecule has 3 amide bonds. The third-order valence-corrected chi connectivity index (χ3v) is 4.59. The van der Waals surface area contributed by atoms with Gasteiger partial charge in [0.1, 0.15) is 12.4 Å². The summed E-state index contributed by atoms with van der Waals surface area (Å²) in [4.78, 5) is 38.2. The number of fused-ring (bicyclic) bond motifs is 1. The summed E-state index contributed by atoms with van der Waals surface area (Å²) in [6, 6.07) is 22.7. The van der Waals surface area contributed by atoms with Gasteiger partial charge in [0.05, 0.1) is 17.7 Å². The fraction of sp³-hybridized carbons (Fsp3) is 0.0870. The number of carbonyl (C=O) groups excluding carboxylic acids is 3. The molecule has 6 heteroatoms. The largest absolute Gasteiger partial charge is 0.492 e. The predicted octanol–water partition coefficient (Wildman–Crippen LogP) is 3.61. The number of nitrogens with one attached hydrogen (secondary N) is 1. The summed E-state index contributed by atoms with van der Waals surface area (Å²) in [5.74, 6) is -0.294. The van der Waals surface area contributed by atoms with Gasteiger partial charge < -0.3 is 10.1 Å². The maximum atomic E-state index is 12.4. The molecule has 6 nitrogen and oxygen atoms in total. The van der Waals surface area contributed by atoms with Crippen molar-refractivity contribution in [2.24, 2.45) is 0 Å². The lowest BCUT2D eigenvalue weighted by molar-refractivity contribution is 0.0631. The van der Waals surface area contributed by atoms with Gasteiger partial charge in [-0.2, -0.15) is 0 Å². The van der Waals surface area contributed by atoms with Crippen molar-refractivity contribution in [3.63, 3.8) is 0 Å². The van der Waals surface area contributed by atoms with Gasteiger partial charge in [0.2, 0.25) is 0 Å². The fourth-order valence-corrected chi connectivity index (χ4v) is 3.15. The van der Waals surface area contributed by atoms with E-state index in [2.05, 4.69) is 5.32 Å². The van der Waals surface area contributed by atoms with E-state index >= 15 is 0 Å². The lowest BCUT2D eigenvalue weighted by atomic mass is 10.1. The van der Waals surface area contributed by atoms with Gasteiger partial charge in [-0.05, 0) is 36.4 Å². The summed E-state index contributed by atoms with van der Waals surface area (Å²) in [5.41, 5.74) is 1.99. The standard InChI is InChI=1S/C23H18N2O4/c26-21(16-7-2-1-3-8-16)24-17-9-6-10-18(15-17)29-14-13-25-22(27)19-11-4-5-12-20(19)23(25)28/h1-12,15H,13-14H2,(H,24,26). The van der Waals surface area contributed by atoms with Crippen molar-refractivity contribution in [3.05, 3.63) is 95.6 Å². The van der Waals surface area contributed by atoms with Gasteiger partial charge in [0, 0.05) is 17.3 Å². The highest BCUT2D eigenvalue weighted by atomic mass is 16.5. The molecule has 3 aromatic carbocycles. The van der Waals surface area contributed by atoms with E-state index in [9.17, 15) is 14.4 Å². The summed E-state index contributed by atoms with van der Waals surface area (Å²) < 4.78 is 5.69. The Hall–Kier alpha value is -3.93. The molecule has 1 aliphatic rings. The van der Waals surface area contributed by atoms with Crippen LogP contribution in [0.2, 0.25) is 0 Å². The number of carbonyl (C=O) groups is 3. The van der Waals surface area contributed by atoms with Crippen LogP contribution in [0.4, 0.5) is 5.69 Å². The first-order valence-electron chi connectivity index (χ1n) is 9.18. The zero-order valence-corrected chi connectivity index (χ0v) is 15.5. The minimum Gasteiger partial charge on any atom is -0.492 e. The predicted molar refractivity (Wildman–Crippen MR) is 108 cm³/mol. The van der Waals surface area contributed by atoms with Crippen LogP contribution in [0, 0.1) is 0 Å². The van der Waals surface area contributed by atoms with Gasteiger partial charge in [-0.15, -0.1) is 0 Å². The van der Waals surface area contributed by atoms with E-state index in [-0.39, 0.29) is 30.9 Å². The Labute approximate surface area is 167 Å². The van der Waals surface area contributed by atoms with Gasteiger partial charge in [-0.3, -0.25) is 19.3 Å². The molecule has 144 valence electrons. The highest BCUT2D eigenvalue weighted by molar-refractivity contribution is 6.21. The maximum Gasteiger partial charge on any atom is 0.261 e. The van der Waals surface area contributed by atoms with E-state index < -0.39 is 0 Å². The van der Waals surface area contributed by atoms with Crippen LogP contribution in [0.1, 0.15) is 31.1 Å². The van der Waals surface area contributed by atoms with Crippen molar-refractivity contribution in [1.29, 1.82) is 0 Å². The first-order valence-corrected chi connectivity index (χ1v) is 9.18. The first kappa shape index (κ1) is 18.4. The van der Waals surface area contributed by atoms with Crippen molar-refractivity contribution in [2.75, 3.05) is 18.5 Å². The Morgan fingerprint density at radius 2 is 1.48 bits per heavy atom. The molecule has 1 heterocycles. The minimum atomic E-state index is -0.307. The summed E-state index contributed by atoms with van der Waals surface area (Å²) in [6.45, 7) is 0.300. The Balaban J connectivity index is 1.35. The van der Waals surface area contributed by atoms with Crippen molar-refractivity contribution in [1.82, 2.24) is 4.90 Å². The monoisotopic (exact) mass is 386 g/mol. The van der Waals surface area contributed by atoms with Crippen LogP contribution in [0.25, 0.3) is 0 Å². The molecule has 29 heavy (non-hydrogen) atoms. The molecule has 0 unspecified atom stereocenters. The lowest BCUT2D eigenvalue weighted by Crippen LogP contribution is -2.33. The average molecular weight is 386 g/mol. The number of ether oxygens (including phenoxy) is 1. The minimum absolute atomic E-state index is 0.146. The topological polar surface area (TPSA) is 75.7 Å². The number of nitrogens with zero attached hydrogens (tertiary/aromatic N) is 1. The molecule has 0 saturated carbocycles. The van der Waals surface area contributed by atoms with Crippen molar-refractivity contribution in [2.45, 2.75) is 0 Å². The van der Waals surface area contributed by atoms with Crippen molar-refractivity contribution < 1.29 is 19.1 Å². The molecule has 0 spiro atoms. The molecule has 0 radical (unpaired) electrons. The highest BCUT2D eigenvalue weighted by Gasteiger charge is 2.34. The molecule has 3 aromatic rings. The van der Waals surface area contributed by atoms with E-state index in [1.807, 2.05) is 6.07 Å². The second-order valence-electron chi connectivity index (χ2n) is 6.50. The Morgan fingerprint density at radius 1 is 0.828 bits per heavy atom. The fourth-order valence-electron chi connectivity index (χ4n) is 3.15. The molecule has 0 aromatic heterocycles. The zero-order chi connectivity index (χ0) is 20.2. The van der Waals surface area contributed by atoms with Crippen LogP contribution in [0.5, 0.6) is 5.75 Å². The van der Waals surface area contributed by atoms with Crippen LogP contribution in [-0.2, 0) is 0 Å². The molecule has 0 saturated heterocycles. The maximum absolute atomic E-state index is 12.4. The molecule has 4 rings (SSSR count). The SMILES string of the molecule is O=C(Nc1cccc(OCCN2C(=O)c3ccccc3C2=O)c1)c1ccccc1. The number of hydrogen-bond acceptors (Lipinski definition) is 4. The van der Waals surface area contributed by atoms with Crippen LogP contribution >= 0.6 is 0 Å². The molecule has 1 N–H and O–H groups in total. The normalized spacial score (nSPS) is 12.6. The number of anilines is 1. The van der Waals surface area contributed by atoms with E-state index in [1.165, 1.54) is 4.90 Å². The van der Waals surface area contributed by atoms with Crippen LogP contribution in [0.3, 0.4) is 0 Å². The summed E-state index contributed by atoms with van der Waals surface area (Å²) >= 11 is 0. The lowest BCUT2D eigenvalue weighted by Gasteiger charge is -2.15. The van der Waals surface area contributed by atoms with Gasteiger partial charge in [-0.1, -0.05) is 36.4 Å². The van der Waals surface area contributed by atoms with E-state index in [0.717, 1.165) is 0 Å². The summed E-state index contributed by atoms with van der Waals surface area (Å²) in [6.07, 6.45) is 0. The molecular weight excluding hydrogens is 368 g/mol. The van der Waals surface area contributed by atoms with Crippen molar-refractivity contribution >= 4 is 23.4 Å². The molecule has 0 atom stereocenters. The number of amides is 3. The smallest absolute Gasteiger partial charge is 0.261 e. The second kappa shape index (κ2) is 7.98. The highest BCUT2D eigenvalue weighted by Crippen LogP contribution is 2.23. The number of imide groups is 1. The average Bonchev–Trinajstić information content (AvgIpc) is 3.00. The molecule has 1 aliphatic heterocycles. The Morgan fingerprint density at radius 3 is 2.17 bits per heavy atom. The van der Waals surface area contributed by atoms with Crippen LogP contribution in [-0.4, -0.2) is 35.8 Å². The summed E-state index contributed by atoms with van der Waals surface area (Å²) in [5, 5.41) is 2.82. The molecule has 0 fully saturated rings. The van der Waals surface area contributed by atoms with E-state index in [0.29, 0.717) is 28.1 Å². The third kappa shape index (κ3) is 3.87. The molecular formula is C23H18N2O4. The number of benzene rings is 3. The third-order valence-electron chi connectivity index (χ3n) is 4.59. The number of hydrogen-bond donors (Lipinski definition) is 1. The van der Waals surface area contributed by atoms with E-state index in [4.69, 9.17) is 4.74 Å². The second-order valence-corrected chi connectivity index (χ2v) is 6.50. The number of rotatable bonds is 6.